The second-order valence-corrected chi connectivity index (χ2v) is 12.9. The van der Waals surface area contributed by atoms with Crippen molar-refractivity contribution in [3.63, 3.8) is 0 Å². The van der Waals surface area contributed by atoms with Crippen LogP contribution in [0.4, 0.5) is 4.79 Å². The van der Waals surface area contributed by atoms with Gasteiger partial charge in [-0.15, -0.1) is 0 Å². The molecule has 4 rings (SSSR count). The molecule has 3 aromatic rings. The van der Waals surface area contributed by atoms with Crippen LogP contribution in [0.5, 0.6) is 0 Å². The van der Waals surface area contributed by atoms with E-state index in [0.29, 0.717) is 5.56 Å². The van der Waals surface area contributed by atoms with Gasteiger partial charge in [-0.05, 0) is 34.6 Å². The molecule has 1 aliphatic carbocycles. The third-order valence-electron chi connectivity index (χ3n) is 6.91. The Labute approximate surface area is 234 Å². The number of carbonyl (C=O) groups is 3. The van der Waals surface area contributed by atoms with Gasteiger partial charge in [-0.3, -0.25) is 14.2 Å². The lowest BCUT2D eigenvalue weighted by Gasteiger charge is -2.25. The number of ether oxygens (including phenoxy) is 2. The fourth-order valence-corrected chi connectivity index (χ4v) is 6.75. The smallest absolute Gasteiger partial charge is 0.407 e. The van der Waals surface area contributed by atoms with Crippen LogP contribution in [0.15, 0.2) is 78.9 Å². The molecule has 8 nitrogen and oxygen atoms in total. The van der Waals surface area contributed by atoms with Crippen LogP contribution in [0.25, 0.3) is 11.1 Å². The third kappa shape index (κ3) is 7.26. The molecule has 210 valence electrons. The first-order valence-corrected chi connectivity index (χ1v) is 15.2. The lowest BCUT2D eigenvalue weighted by molar-refractivity contribution is -0.142. The highest BCUT2D eigenvalue weighted by Gasteiger charge is 2.35. The van der Waals surface area contributed by atoms with Gasteiger partial charge < -0.3 is 19.7 Å². The number of hydrogen-bond donors (Lipinski definition) is 2. The first-order chi connectivity index (χ1) is 19.2. The Balaban J connectivity index is 1.32. The van der Waals surface area contributed by atoms with Gasteiger partial charge in [0.2, 0.25) is 7.37 Å². The van der Waals surface area contributed by atoms with E-state index in [9.17, 15) is 23.8 Å². The third-order valence-corrected chi connectivity index (χ3v) is 9.08. The molecule has 0 radical (unpaired) electrons. The van der Waals surface area contributed by atoms with Crippen molar-refractivity contribution in [2.24, 2.45) is 5.92 Å². The molecular formula is C31H34NO7P. The maximum absolute atomic E-state index is 13.2. The largest absolute Gasteiger partial charge is 0.457 e. The van der Waals surface area contributed by atoms with E-state index in [2.05, 4.69) is 5.32 Å². The minimum absolute atomic E-state index is 0.00481. The molecule has 0 saturated carbocycles. The van der Waals surface area contributed by atoms with E-state index in [4.69, 9.17) is 9.47 Å². The van der Waals surface area contributed by atoms with Crippen LogP contribution in [0.2, 0.25) is 0 Å². The summed E-state index contributed by atoms with van der Waals surface area (Å²) < 4.78 is 23.8. The predicted molar refractivity (Wildman–Crippen MR) is 152 cm³/mol. The van der Waals surface area contributed by atoms with Gasteiger partial charge in [-0.25, -0.2) is 4.79 Å². The van der Waals surface area contributed by atoms with Crippen molar-refractivity contribution >= 4 is 25.2 Å². The molecule has 3 aromatic carbocycles. The highest BCUT2D eigenvalue weighted by Crippen LogP contribution is 2.48. The van der Waals surface area contributed by atoms with Gasteiger partial charge in [-0.2, -0.15) is 0 Å². The molecule has 2 unspecified atom stereocenters. The Morgan fingerprint density at radius 2 is 1.45 bits per heavy atom. The van der Waals surface area contributed by atoms with Crippen molar-refractivity contribution in [1.29, 1.82) is 0 Å². The van der Waals surface area contributed by atoms with Crippen LogP contribution in [0.3, 0.4) is 0 Å². The number of benzene rings is 3. The second-order valence-electron chi connectivity index (χ2n) is 10.3. The summed E-state index contributed by atoms with van der Waals surface area (Å²) >= 11 is 0. The van der Waals surface area contributed by atoms with E-state index >= 15 is 0 Å². The molecule has 0 aromatic heterocycles. The molecule has 1 amide bonds. The maximum atomic E-state index is 13.2. The van der Waals surface area contributed by atoms with Crippen molar-refractivity contribution in [3.8, 4) is 11.1 Å². The number of fused-ring (bicyclic) bond motifs is 3. The van der Waals surface area contributed by atoms with Crippen LogP contribution in [-0.2, 0) is 18.8 Å². The van der Waals surface area contributed by atoms with E-state index < -0.39 is 38.0 Å². The van der Waals surface area contributed by atoms with Crippen molar-refractivity contribution < 1.29 is 33.3 Å². The van der Waals surface area contributed by atoms with Gasteiger partial charge in [0.1, 0.15) is 12.4 Å². The lowest BCUT2D eigenvalue weighted by atomic mass is 9.98. The Bertz CT molecular complexity index is 1360. The monoisotopic (exact) mass is 563 g/mol. The summed E-state index contributed by atoms with van der Waals surface area (Å²) in [5.74, 6) is -2.37. The number of Topliss-reactive ketones (excluding diaryl/α,β-unsaturated/α-hetero) is 1. The van der Waals surface area contributed by atoms with Crippen molar-refractivity contribution in [2.45, 2.75) is 38.4 Å². The quantitative estimate of drug-likeness (QED) is 0.158. The van der Waals surface area contributed by atoms with Gasteiger partial charge >= 0.3 is 12.1 Å². The van der Waals surface area contributed by atoms with E-state index in [-0.39, 0.29) is 37.1 Å². The molecule has 0 heterocycles. The highest BCUT2D eigenvalue weighted by atomic mass is 31.2. The summed E-state index contributed by atoms with van der Waals surface area (Å²) in [6.45, 7) is 3.36. The normalized spacial score (nSPS) is 14.5. The van der Waals surface area contributed by atoms with E-state index in [0.717, 1.165) is 22.3 Å². The number of hydrogen-bond acceptors (Lipinski definition) is 6. The second kappa shape index (κ2) is 13.1. The molecule has 0 aliphatic heterocycles. The molecule has 0 fully saturated rings. The number of ketones is 1. The molecule has 2 atom stereocenters. The number of amides is 1. The van der Waals surface area contributed by atoms with Gasteiger partial charge in [0.15, 0.2) is 12.4 Å². The van der Waals surface area contributed by atoms with E-state index in [1.165, 1.54) is 0 Å². The molecule has 1 aliphatic rings. The van der Waals surface area contributed by atoms with Crippen molar-refractivity contribution in [1.82, 2.24) is 5.32 Å². The van der Waals surface area contributed by atoms with E-state index in [1.807, 2.05) is 62.4 Å². The summed E-state index contributed by atoms with van der Waals surface area (Å²) in [7, 11) is -4.02. The average Bonchev–Trinajstić information content (AvgIpc) is 3.27. The number of carbonyl (C=O) groups excluding carboxylic acids is 3. The zero-order valence-electron chi connectivity index (χ0n) is 22.6. The first kappa shape index (κ1) is 29.2. The number of esters is 1. The van der Waals surface area contributed by atoms with Crippen molar-refractivity contribution in [3.05, 3.63) is 95.6 Å². The summed E-state index contributed by atoms with van der Waals surface area (Å²) in [4.78, 5) is 48.0. The molecule has 0 saturated heterocycles. The molecule has 2 N–H and O–H groups in total. The summed E-state index contributed by atoms with van der Waals surface area (Å²) in [5, 5.41) is 2.58. The Morgan fingerprint density at radius 1 is 0.875 bits per heavy atom. The molecular weight excluding hydrogens is 529 g/mol. The van der Waals surface area contributed by atoms with Crippen LogP contribution in [0.1, 0.15) is 54.1 Å². The topological polar surface area (TPSA) is 119 Å². The standard InChI is InChI=1S/C31H34NO7P/c1-21(2)18-29(40(36,37)17-16-30(34)38-20-28(33)22-10-4-3-5-11-22)32-31(35)39-19-27-25-14-8-6-12-23(25)24-13-7-9-15-26(24)27/h3-15,21,27,29H,16-20H2,1-2H3,(H,32,35)(H,36,37). The summed E-state index contributed by atoms with van der Waals surface area (Å²) in [6, 6.07) is 24.3. The Kier molecular flexibility index (Phi) is 9.56. The van der Waals surface area contributed by atoms with Gasteiger partial charge in [0.25, 0.3) is 0 Å². The molecule has 40 heavy (non-hydrogen) atoms. The maximum Gasteiger partial charge on any atom is 0.407 e. The van der Waals surface area contributed by atoms with Gasteiger partial charge in [0.05, 0.1) is 6.42 Å². The van der Waals surface area contributed by atoms with Crippen LogP contribution in [0, 0.1) is 5.92 Å². The zero-order valence-corrected chi connectivity index (χ0v) is 23.5. The fraction of sp³-hybridized carbons (Fsp3) is 0.323. The lowest BCUT2D eigenvalue weighted by Crippen LogP contribution is -2.37. The minimum Gasteiger partial charge on any atom is -0.457 e. The highest BCUT2D eigenvalue weighted by molar-refractivity contribution is 7.58. The fourth-order valence-electron chi connectivity index (χ4n) is 4.88. The molecule has 0 spiro atoms. The Morgan fingerprint density at radius 3 is 2.05 bits per heavy atom. The zero-order chi connectivity index (χ0) is 28.7. The number of nitrogens with one attached hydrogen (secondary N) is 1. The number of alkyl carbamates (subject to hydrolysis) is 1. The van der Waals surface area contributed by atoms with Crippen LogP contribution >= 0.6 is 7.37 Å². The average molecular weight is 564 g/mol. The summed E-state index contributed by atoms with van der Waals surface area (Å²) in [6.07, 6.45) is -1.33. The predicted octanol–water partition coefficient (Wildman–Crippen LogP) is 5.98. The molecule has 0 bridgehead atoms. The van der Waals surface area contributed by atoms with Crippen molar-refractivity contribution in [2.75, 3.05) is 19.4 Å². The first-order valence-electron chi connectivity index (χ1n) is 13.3. The Hall–Kier alpha value is -3.74. The molecule has 9 heteroatoms. The number of rotatable bonds is 12. The van der Waals surface area contributed by atoms with Crippen LogP contribution < -0.4 is 5.32 Å². The minimum atomic E-state index is -4.02. The van der Waals surface area contributed by atoms with Gasteiger partial charge in [-0.1, -0.05) is 92.7 Å². The van der Waals surface area contributed by atoms with E-state index in [1.54, 1.807) is 30.3 Å². The van der Waals surface area contributed by atoms with Crippen LogP contribution in [-0.4, -0.2) is 47.9 Å². The summed E-state index contributed by atoms with van der Waals surface area (Å²) in [5.41, 5.74) is 4.73. The van der Waals surface area contributed by atoms with Gasteiger partial charge in [0, 0.05) is 17.6 Å². The SMILES string of the molecule is CC(C)CC(NC(=O)OCC1c2ccccc2-c2ccccc21)P(=O)(O)CCC(=O)OCC(=O)c1ccccc1.